The lowest BCUT2D eigenvalue weighted by molar-refractivity contribution is -0.115. The number of allylic oxidation sites excluding steroid dienone is 1. The Kier molecular flexibility index (Phi) is 9.45. The van der Waals surface area contributed by atoms with Gasteiger partial charge in [-0.1, -0.05) is 6.58 Å². The van der Waals surface area contributed by atoms with Gasteiger partial charge in [-0.05, 0) is 52.8 Å². The summed E-state index contributed by atoms with van der Waals surface area (Å²) in [4.78, 5) is 26.0. The van der Waals surface area contributed by atoms with Crippen molar-refractivity contribution in [2.24, 2.45) is 20.1 Å². The first kappa shape index (κ1) is 25.2. The first-order valence-electron chi connectivity index (χ1n) is 11.8. The molecule has 1 aromatic rings. The average Bonchev–Trinajstić information content (AvgIpc) is 3.11. The highest BCUT2D eigenvalue weighted by atomic mass is 16.1. The third-order valence-electron chi connectivity index (χ3n) is 5.20. The highest BCUT2D eigenvalue weighted by molar-refractivity contribution is 6.31. The second-order valence-electron chi connectivity index (χ2n) is 8.43. The van der Waals surface area contributed by atoms with Gasteiger partial charge in [0.1, 0.15) is 5.82 Å². The van der Waals surface area contributed by atoms with E-state index in [1.54, 1.807) is 40.6 Å². The Morgan fingerprint density at radius 3 is 2.91 bits per heavy atom. The van der Waals surface area contributed by atoms with E-state index in [4.69, 9.17) is 10.1 Å². The van der Waals surface area contributed by atoms with Crippen molar-refractivity contribution in [2.75, 3.05) is 31.5 Å². The van der Waals surface area contributed by atoms with E-state index in [2.05, 4.69) is 32.3 Å². The average molecular weight is 466 g/mol. The number of nitrogens with one attached hydrogen (secondary N) is 2. The van der Waals surface area contributed by atoms with Crippen molar-refractivity contribution in [2.45, 2.75) is 52.0 Å². The minimum Gasteiger partial charge on any atom is -0.317 e. The molecule has 0 aromatic carbocycles. The number of rotatable bonds is 8. The van der Waals surface area contributed by atoms with Crippen LogP contribution in [-0.4, -0.2) is 77.4 Å². The summed E-state index contributed by atoms with van der Waals surface area (Å²) in [6.45, 7) is 12.9. The van der Waals surface area contributed by atoms with Crippen LogP contribution in [0.4, 0.5) is 5.82 Å². The monoisotopic (exact) mass is 465 g/mol. The zero-order valence-electron chi connectivity index (χ0n) is 20.3. The van der Waals surface area contributed by atoms with Crippen LogP contribution in [0.1, 0.15) is 51.6 Å². The van der Waals surface area contributed by atoms with Crippen LogP contribution in [-0.2, 0) is 4.79 Å². The molecule has 0 aliphatic carbocycles. The molecular weight excluding hydrogens is 430 g/mol. The number of hydrogen-bond acceptors (Lipinski definition) is 8. The zero-order chi connectivity index (χ0) is 24.3. The van der Waals surface area contributed by atoms with Gasteiger partial charge >= 0.3 is 0 Å². The van der Waals surface area contributed by atoms with Gasteiger partial charge in [0.05, 0.1) is 30.6 Å². The summed E-state index contributed by atoms with van der Waals surface area (Å²) in [6, 6.07) is 2.01. The van der Waals surface area contributed by atoms with Gasteiger partial charge in [0.2, 0.25) is 5.91 Å². The minimum atomic E-state index is -0.188. The Bertz CT molecular complexity index is 994. The van der Waals surface area contributed by atoms with Crippen LogP contribution in [0.2, 0.25) is 0 Å². The predicted molar refractivity (Wildman–Crippen MR) is 139 cm³/mol. The van der Waals surface area contributed by atoms with Crippen molar-refractivity contribution in [1.29, 1.82) is 0 Å². The van der Waals surface area contributed by atoms with Crippen LogP contribution >= 0.6 is 0 Å². The Morgan fingerprint density at radius 2 is 2.18 bits per heavy atom. The summed E-state index contributed by atoms with van der Waals surface area (Å²) < 4.78 is 1.70. The third kappa shape index (κ3) is 7.58. The van der Waals surface area contributed by atoms with Crippen LogP contribution in [0.3, 0.4) is 0 Å². The number of aromatic nitrogens is 2. The minimum absolute atomic E-state index is 0.0564. The molecule has 2 aliphatic rings. The number of hydrazone groups is 1. The van der Waals surface area contributed by atoms with Crippen molar-refractivity contribution in [3.8, 4) is 0 Å². The molecule has 182 valence electrons. The van der Waals surface area contributed by atoms with Gasteiger partial charge in [0.15, 0.2) is 5.84 Å². The number of carbonyl (C=O) groups excluding carboxylic acids is 1. The quantitative estimate of drug-likeness (QED) is 0.454. The second-order valence-corrected chi connectivity index (χ2v) is 8.43. The molecule has 0 radical (unpaired) electrons. The van der Waals surface area contributed by atoms with E-state index in [0.717, 1.165) is 31.6 Å². The maximum atomic E-state index is 12.8. The summed E-state index contributed by atoms with van der Waals surface area (Å²) in [5.41, 5.74) is 1.66. The number of piperidine rings is 1. The molecule has 1 aromatic heterocycles. The fraction of sp³-hybridized carbons (Fsp3) is 0.500. The largest absolute Gasteiger partial charge is 0.317 e. The zero-order valence-corrected chi connectivity index (χ0v) is 20.3. The SMILES string of the molecule is C=C1CN(N=CCC(=O)Nc2cc(C3CCNCC3)nn2C(C=NCC)=NC(C)C)C=CC=N1. The molecule has 0 bridgehead atoms. The summed E-state index contributed by atoms with van der Waals surface area (Å²) >= 11 is 0. The molecule has 0 unspecified atom stereocenters. The number of aliphatic imine (C=N–C) groups is 3. The predicted octanol–water partition coefficient (Wildman–Crippen LogP) is 2.82. The summed E-state index contributed by atoms with van der Waals surface area (Å²) in [5.74, 6) is 1.35. The standard InChI is InChI=1S/C24H35N9O/c1-5-25-16-23(29-18(2)3)33-22(15-21(31-33)20-7-11-26-12-8-20)30-24(34)9-13-28-32-14-6-10-27-19(4)17-32/h6,10,13-16,18,20,26H,4-5,7-9,11-12,17H2,1-3H3,(H,30,34). The van der Waals surface area contributed by atoms with E-state index in [1.807, 2.05) is 26.8 Å². The molecule has 3 heterocycles. The molecule has 0 spiro atoms. The van der Waals surface area contributed by atoms with Gasteiger partial charge in [0.25, 0.3) is 0 Å². The lowest BCUT2D eigenvalue weighted by atomic mass is 9.95. The molecule has 0 saturated carbocycles. The van der Waals surface area contributed by atoms with E-state index in [1.165, 1.54) is 0 Å². The number of amides is 1. The maximum Gasteiger partial charge on any atom is 0.230 e. The van der Waals surface area contributed by atoms with Gasteiger partial charge in [-0.15, -0.1) is 0 Å². The summed E-state index contributed by atoms with van der Waals surface area (Å²) in [6.07, 6.45) is 10.7. The van der Waals surface area contributed by atoms with E-state index in [-0.39, 0.29) is 18.4 Å². The van der Waals surface area contributed by atoms with Crippen molar-refractivity contribution >= 4 is 36.2 Å². The smallest absolute Gasteiger partial charge is 0.230 e. The molecule has 34 heavy (non-hydrogen) atoms. The fourth-order valence-electron chi connectivity index (χ4n) is 3.63. The Morgan fingerprint density at radius 1 is 1.38 bits per heavy atom. The lowest BCUT2D eigenvalue weighted by Crippen LogP contribution is -2.27. The molecular formula is C24H35N9O. The fourth-order valence-corrected chi connectivity index (χ4v) is 3.63. The third-order valence-corrected chi connectivity index (χ3v) is 5.20. The van der Waals surface area contributed by atoms with Crippen molar-refractivity contribution < 1.29 is 4.79 Å². The molecule has 2 N–H and O–H groups in total. The Hall–Kier alpha value is -3.40. The maximum absolute atomic E-state index is 12.8. The normalized spacial score (nSPS) is 17.9. The van der Waals surface area contributed by atoms with E-state index in [9.17, 15) is 4.79 Å². The molecule has 1 saturated heterocycles. The van der Waals surface area contributed by atoms with Crippen LogP contribution < -0.4 is 10.6 Å². The van der Waals surface area contributed by atoms with E-state index < -0.39 is 0 Å². The lowest BCUT2D eigenvalue weighted by Gasteiger charge is -2.20. The van der Waals surface area contributed by atoms with Crippen molar-refractivity contribution in [1.82, 2.24) is 20.1 Å². The first-order valence-corrected chi connectivity index (χ1v) is 11.8. The van der Waals surface area contributed by atoms with Gasteiger partial charge in [-0.2, -0.15) is 14.9 Å². The van der Waals surface area contributed by atoms with E-state index in [0.29, 0.717) is 36.4 Å². The molecule has 0 atom stereocenters. The van der Waals surface area contributed by atoms with Crippen LogP contribution in [0.15, 0.2) is 50.7 Å². The molecule has 2 aliphatic heterocycles. The number of nitrogens with zero attached hydrogens (tertiary/aromatic N) is 7. The van der Waals surface area contributed by atoms with Crippen LogP contribution in [0.25, 0.3) is 0 Å². The molecule has 1 amide bonds. The molecule has 10 nitrogen and oxygen atoms in total. The van der Waals surface area contributed by atoms with E-state index >= 15 is 0 Å². The number of hydrogen-bond donors (Lipinski definition) is 2. The summed E-state index contributed by atoms with van der Waals surface area (Å²) in [7, 11) is 0. The topological polar surface area (TPSA) is 112 Å². The Balaban J connectivity index is 1.78. The molecule has 10 heteroatoms. The van der Waals surface area contributed by atoms with Crippen LogP contribution in [0, 0.1) is 0 Å². The van der Waals surface area contributed by atoms with Gasteiger partial charge in [-0.25, -0.2) is 0 Å². The number of anilines is 1. The van der Waals surface area contributed by atoms with Gasteiger partial charge in [-0.3, -0.25) is 24.8 Å². The molecule has 3 rings (SSSR count). The van der Waals surface area contributed by atoms with Crippen molar-refractivity contribution in [3.63, 3.8) is 0 Å². The van der Waals surface area contributed by atoms with Gasteiger partial charge < -0.3 is 10.6 Å². The van der Waals surface area contributed by atoms with Crippen molar-refractivity contribution in [3.05, 3.63) is 36.3 Å². The summed E-state index contributed by atoms with van der Waals surface area (Å²) in [5, 5.41) is 17.2. The van der Waals surface area contributed by atoms with Crippen LogP contribution in [0.5, 0.6) is 0 Å². The molecule has 1 fully saturated rings. The van der Waals surface area contributed by atoms with Gasteiger partial charge in [0, 0.05) is 43.2 Å². The second kappa shape index (κ2) is 12.7. The first-order chi connectivity index (χ1) is 16.5. The highest BCUT2D eigenvalue weighted by Gasteiger charge is 2.22. The Labute approximate surface area is 201 Å². The number of carbonyl (C=O) groups is 1. The highest BCUT2D eigenvalue weighted by Crippen LogP contribution is 2.26.